The van der Waals surface area contributed by atoms with Gasteiger partial charge >= 0.3 is 0 Å². The zero-order chi connectivity index (χ0) is 10.6. The van der Waals surface area contributed by atoms with E-state index in [9.17, 15) is 5.11 Å². The molecule has 0 radical (unpaired) electrons. The van der Waals surface area contributed by atoms with E-state index in [2.05, 4.69) is 19.1 Å². The van der Waals surface area contributed by atoms with E-state index < -0.39 is 6.10 Å². The van der Waals surface area contributed by atoms with Crippen LogP contribution in [0.2, 0.25) is 0 Å². The second-order valence-corrected chi connectivity index (χ2v) is 3.82. The van der Waals surface area contributed by atoms with Gasteiger partial charge in [-0.2, -0.15) is 0 Å². The monoisotopic (exact) mass is 193 g/mol. The SMILES string of the molecule is CCc1ccc(C(O)CC(C)N)cc1. The third kappa shape index (κ3) is 3.13. The standard InChI is InChI=1S/C12H19NO/c1-3-10-4-6-11(7-5-10)12(14)8-9(2)13/h4-7,9,12,14H,3,8,13H2,1-2H3. The maximum absolute atomic E-state index is 9.77. The Morgan fingerprint density at radius 2 is 1.86 bits per heavy atom. The number of rotatable bonds is 4. The van der Waals surface area contributed by atoms with E-state index >= 15 is 0 Å². The van der Waals surface area contributed by atoms with Crippen molar-refractivity contribution in [3.8, 4) is 0 Å². The van der Waals surface area contributed by atoms with Crippen molar-refractivity contribution in [3.63, 3.8) is 0 Å². The number of nitrogens with two attached hydrogens (primary N) is 1. The van der Waals surface area contributed by atoms with E-state index in [1.807, 2.05) is 19.1 Å². The smallest absolute Gasteiger partial charge is 0.0804 e. The molecule has 0 saturated heterocycles. The first-order valence-corrected chi connectivity index (χ1v) is 5.16. The quantitative estimate of drug-likeness (QED) is 0.768. The van der Waals surface area contributed by atoms with Gasteiger partial charge in [0, 0.05) is 6.04 Å². The number of benzene rings is 1. The highest BCUT2D eigenvalue weighted by atomic mass is 16.3. The van der Waals surface area contributed by atoms with Gasteiger partial charge < -0.3 is 10.8 Å². The summed E-state index contributed by atoms with van der Waals surface area (Å²) in [6.45, 7) is 4.02. The second-order valence-electron chi connectivity index (χ2n) is 3.82. The van der Waals surface area contributed by atoms with Crippen LogP contribution in [-0.4, -0.2) is 11.1 Å². The van der Waals surface area contributed by atoms with Crippen LogP contribution < -0.4 is 5.73 Å². The minimum absolute atomic E-state index is 0.0378. The molecule has 0 spiro atoms. The summed E-state index contributed by atoms with van der Waals surface area (Å²) in [6, 6.07) is 8.10. The molecule has 2 atom stereocenters. The van der Waals surface area contributed by atoms with Crippen molar-refractivity contribution in [3.05, 3.63) is 35.4 Å². The molecule has 1 rings (SSSR count). The average Bonchev–Trinajstić information content (AvgIpc) is 2.17. The van der Waals surface area contributed by atoms with Crippen molar-refractivity contribution >= 4 is 0 Å². The molecule has 2 nitrogen and oxygen atoms in total. The molecule has 0 aliphatic carbocycles. The van der Waals surface area contributed by atoms with Crippen LogP contribution in [0.5, 0.6) is 0 Å². The van der Waals surface area contributed by atoms with Crippen LogP contribution >= 0.6 is 0 Å². The van der Waals surface area contributed by atoms with E-state index in [-0.39, 0.29) is 6.04 Å². The molecule has 14 heavy (non-hydrogen) atoms. The molecule has 0 aliphatic rings. The molecular weight excluding hydrogens is 174 g/mol. The number of aliphatic hydroxyl groups is 1. The van der Waals surface area contributed by atoms with Crippen molar-refractivity contribution in [2.75, 3.05) is 0 Å². The molecule has 0 aliphatic heterocycles. The Balaban J connectivity index is 2.66. The second kappa shape index (κ2) is 5.13. The Morgan fingerprint density at radius 3 is 2.29 bits per heavy atom. The summed E-state index contributed by atoms with van der Waals surface area (Å²) in [7, 11) is 0. The molecule has 1 aromatic rings. The van der Waals surface area contributed by atoms with Gasteiger partial charge in [-0.1, -0.05) is 31.2 Å². The van der Waals surface area contributed by atoms with Crippen LogP contribution in [0.1, 0.15) is 37.5 Å². The average molecular weight is 193 g/mol. The lowest BCUT2D eigenvalue weighted by Crippen LogP contribution is -2.18. The van der Waals surface area contributed by atoms with Gasteiger partial charge in [0.05, 0.1) is 6.10 Å². The number of aryl methyl sites for hydroxylation is 1. The van der Waals surface area contributed by atoms with Gasteiger partial charge in [0.25, 0.3) is 0 Å². The summed E-state index contributed by atoms with van der Waals surface area (Å²) in [5.74, 6) is 0. The normalized spacial score (nSPS) is 15.1. The minimum atomic E-state index is -0.430. The van der Waals surface area contributed by atoms with Crippen molar-refractivity contribution in [2.24, 2.45) is 5.73 Å². The molecule has 0 heterocycles. The molecule has 0 bridgehead atoms. The zero-order valence-corrected chi connectivity index (χ0v) is 8.90. The maximum Gasteiger partial charge on any atom is 0.0804 e. The molecule has 0 fully saturated rings. The fourth-order valence-corrected chi connectivity index (χ4v) is 1.46. The van der Waals surface area contributed by atoms with Gasteiger partial charge in [0.15, 0.2) is 0 Å². The van der Waals surface area contributed by atoms with Crippen LogP contribution in [0.4, 0.5) is 0 Å². The van der Waals surface area contributed by atoms with E-state index in [1.54, 1.807) is 0 Å². The molecule has 2 unspecified atom stereocenters. The first kappa shape index (κ1) is 11.2. The molecule has 0 aromatic heterocycles. The fourth-order valence-electron chi connectivity index (χ4n) is 1.46. The van der Waals surface area contributed by atoms with Crippen LogP contribution in [0, 0.1) is 0 Å². The fraction of sp³-hybridized carbons (Fsp3) is 0.500. The molecule has 0 amide bonds. The molecule has 0 saturated carbocycles. The lowest BCUT2D eigenvalue weighted by Gasteiger charge is -2.13. The molecule has 2 heteroatoms. The van der Waals surface area contributed by atoms with Gasteiger partial charge in [-0.05, 0) is 30.9 Å². The first-order chi connectivity index (χ1) is 6.63. The van der Waals surface area contributed by atoms with Crippen LogP contribution in [0.25, 0.3) is 0 Å². The van der Waals surface area contributed by atoms with Crippen LogP contribution in [-0.2, 0) is 6.42 Å². The number of hydrogen-bond donors (Lipinski definition) is 2. The third-order valence-corrected chi connectivity index (χ3v) is 2.37. The Morgan fingerprint density at radius 1 is 1.29 bits per heavy atom. The number of hydrogen-bond acceptors (Lipinski definition) is 2. The summed E-state index contributed by atoms with van der Waals surface area (Å²) in [5, 5.41) is 9.77. The van der Waals surface area contributed by atoms with Crippen LogP contribution in [0.3, 0.4) is 0 Å². The Labute approximate surface area is 85.8 Å². The maximum atomic E-state index is 9.77. The summed E-state index contributed by atoms with van der Waals surface area (Å²) in [5.41, 5.74) is 7.88. The highest BCUT2D eigenvalue weighted by Gasteiger charge is 2.09. The molecule has 3 N–H and O–H groups in total. The van der Waals surface area contributed by atoms with Crippen LogP contribution in [0.15, 0.2) is 24.3 Å². The summed E-state index contributed by atoms with van der Waals surface area (Å²) >= 11 is 0. The first-order valence-electron chi connectivity index (χ1n) is 5.16. The third-order valence-electron chi connectivity index (χ3n) is 2.37. The van der Waals surface area contributed by atoms with Gasteiger partial charge in [-0.3, -0.25) is 0 Å². The molecule has 1 aromatic carbocycles. The predicted molar refractivity (Wildman–Crippen MR) is 59.0 cm³/mol. The topological polar surface area (TPSA) is 46.2 Å². The minimum Gasteiger partial charge on any atom is -0.388 e. The summed E-state index contributed by atoms with van der Waals surface area (Å²) in [4.78, 5) is 0. The summed E-state index contributed by atoms with van der Waals surface area (Å²) < 4.78 is 0. The Kier molecular flexibility index (Phi) is 4.11. The van der Waals surface area contributed by atoms with Gasteiger partial charge in [-0.15, -0.1) is 0 Å². The van der Waals surface area contributed by atoms with Gasteiger partial charge in [-0.25, -0.2) is 0 Å². The van der Waals surface area contributed by atoms with E-state index in [0.717, 1.165) is 12.0 Å². The van der Waals surface area contributed by atoms with Crippen molar-refractivity contribution < 1.29 is 5.11 Å². The van der Waals surface area contributed by atoms with Gasteiger partial charge in [0.2, 0.25) is 0 Å². The largest absolute Gasteiger partial charge is 0.388 e. The predicted octanol–water partition coefficient (Wildman–Crippen LogP) is 2.02. The zero-order valence-electron chi connectivity index (χ0n) is 8.90. The molecule has 78 valence electrons. The van der Waals surface area contributed by atoms with E-state index in [1.165, 1.54) is 5.56 Å². The van der Waals surface area contributed by atoms with Crippen molar-refractivity contribution in [1.29, 1.82) is 0 Å². The van der Waals surface area contributed by atoms with Crippen molar-refractivity contribution in [1.82, 2.24) is 0 Å². The highest BCUT2D eigenvalue weighted by molar-refractivity contribution is 5.24. The lowest BCUT2D eigenvalue weighted by molar-refractivity contribution is 0.160. The Bertz CT molecular complexity index is 266. The van der Waals surface area contributed by atoms with Crippen molar-refractivity contribution in [2.45, 2.75) is 38.8 Å². The summed E-state index contributed by atoms with van der Waals surface area (Å²) in [6.07, 6.45) is 1.22. The molecular formula is C12H19NO. The number of aliphatic hydroxyl groups excluding tert-OH is 1. The van der Waals surface area contributed by atoms with Gasteiger partial charge in [0.1, 0.15) is 0 Å². The lowest BCUT2D eigenvalue weighted by atomic mass is 10.0. The van der Waals surface area contributed by atoms with E-state index in [0.29, 0.717) is 6.42 Å². The highest BCUT2D eigenvalue weighted by Crippen LogP contribution is 2.18. The Hall–Kier alpha value is -0.860. The van der Waals surface area contributed by atoms with E-state index in [4.69, 9.17) is 5.73 Å².